The molecule has 132 heavy (non-hydrogen) atoms. The Morgan fingerprint density at radius 3 is 1.00 bits per heavy atom. The van der Waals surface area contributed by atoms with Crippen LogP contribution < -0.4 is 18.9 Å². The van der Waals surface area contributed by atoms with Crippen molar-refractivity contribution in [1.82, 2.24) is 0 Å². The molecule has 682 valence electrons. The molecule has 0 bridgehead atoms. The Morgan fingerprint density at radius 2 is 0.598 bits per heavy atom. The molecule has 6 heterocycles. The van der Waals surface area contributed by atoms with Gasteiger partial charge in [0.05, 0.1) is 21.6 Å². The van der Waals surface area contributed by atoms with Crippen molar-refractivity contribution in [3.05, 3.63) is 363 Å². The van der Waals surface area contributed by atoms with Crippen LogP contribution in [-0.2, 0) is 26.1 Å². The van der Waals surface area contributed by atoms with Crippen LogP contribution in [-0.4, -0.2) is 12.2 Å². The second-order valence-corrected chi connectivity index (χ2v) is 34.7. The van der Waals surface area contributed by atoms with Crippen molar-refractivity contribution in [2.24, 2.45) is 0 Å². The van der Waals surface area contributed by atoms with Gasteiger partial charge in [-0.3, -0.25) is 0 Å². The molecule has 4 aliphatic rings. The Kier molecular flexibility index (Phi) is 27.7. The Labute approximate surface area is 753 Å². The van der Waals surface area contributed by atoms with Crippen LogP contribution in [0.2, 0.25) is 0 Å². The van der Waals surface area contributed by atoms with E-state index in [-0.39, 0.29) is 122 Å². The molecular formula is C108H88F18O5S. The number of thiophene rings is 1. The molecule has 0 amide bonds. The molecule has 15 aromatic carbocycles. The standard InChI is InChI=1S/C16H10F4.2C15H12F2O.C14H10F2O.C14H10F2S.C12H10F2.2C11H12F2O/c1-7-5-9-3-4-10-6-8(2)14(18)16(20)12(10)11(9)15(19)13(7)17;2*1-8-3-5-10-11-6-4-9(2)14(17)15(11)18-7-12(10)13(8)16;2*1-7-3-5-9-10-6-4-8(2)12(16)14(10)17-13(9)11(7)15;1-7-3-4-10-9(5-7)6-11(13)8(2)12(10)14;2*1-6-5-8-4-3-7(2)14-11(8)10(13)9(6)12/h3-6H,1-2H3;2*3-6H,7H2,1-2H3;2*3-6H,1-2H3;3-6H,1-2H3;2*5,7H,3-4H2,1-2H3. The SMILES string of the molecule is Cc1cc2c(c(F)c1F)OC(C)CC2.Cc1cc2c(c(F)c1F)OC(C)CC2.Cc1cc2ccc3cc(C)c(F)c(F)c3c2c(F)c1F.Cc1ccc2c(F)c(C)c(F)cc2c1.Cc1ccc2c(c1F)COc1c-2ccc(C)c1F.Cc1ccc2c(c1F)COc1c-2ccc(C)c1F.Cc1ccc2c(oc3c(F)c(C)ccc32)c1F.Cc1ccc2c(sc3c(F)c(C)ccc32)c1F. The van der Waals surface area contributed by atoms with E-state index in [1.54, 1.807) is 178 Å². The van der Waals surface area contributed by atoms with Crippen LogP contribution in [0, 0.1) is 202 Å². The van der Waals surface area contributed by atoms with Gasteiger partial charge in [0.15, 0.2) is 92.3 Å². The summed E-state index contributed by atoms with van der Waals surface area (Å²) in [6, 6.07) is 44.0. The molecule has 2 aromatic heterocycles. The molecule has 0 saturated heterocycles. The maximum atomic E-state index is 14.1. The lowest BCUT2D eigenvalue weighted by molar-refractivity contribution is 0.180. The van der Waals surface area contributed by atoms with E-state index in [1.165, 1.54) is 50.3 Å². The number of hydrogen-bond acceptors (Lipinski definition) is 6. The lowest BCUT2D eigenvalue weighted by atomic mass is 9.94. The fourth-order valence-electron chi connectivity index (χ4n) is 16.2. The first-order valence-electron chi connectivity index (χ1n) is 42.3. The van der Waals surface area contributed by atoms with Gasteiger partial charge in [-0.05, 0) is 272 Å². The van der Waals surface area contributed by atoms with Gasteiger partial charge < -0.3 is 23.4 Å². The summed E-state index contributed by atoms with van der Waals surface area (Å²) in [4.78, 5) is 0. The minimum atomic E-state index is -1.15. The van der Waals surface area contributed by atoms with Gasteiger partial charge in [0, 0.05) is 65.5 Å². The molecule has 2 unspecified atom stereocenters. The third-order valence-corrected chi connectivity index (χ3v) is 25.2. The molecule has 24 heteroatoms. The van der Waals surface area contributed by atoms with Crippen LogP contribution in [0.15, 0.2) is 162 Å². The molecule has 2 atom stereocenters. The number of benzene rings is 15. The number of fused-ring (bicyclic) bond motifs is 18. The largest absolute Gasteiger partial charge is 0.487 e. The number of hydrogen-bond donors (Lipinski definition) is 0. The summed E-state index contributed by atoms with van der Waals surface area (Å²) < 4.78 is 275. The van der Waals surface area contributed by atoms with E-state index in [2.05, 4.69) is 0 Å². The molecule has 5 nitrogen and oxygen atoms in total. The summed E-state index contributed by atoms with van der Waals surface area (Å²) in [6.45, 7) is 26.8. The highest BCUT2D eigenvalue weighted by Crippen LogP contribution is 2.46. The molecule has 21 rings (SSSR count). The van der Waals surface area contributed by atoms with Crippen molar-refractivity contribution in [1.29, 1.82) is 0 Å². The average Bonchev–Trinajstić information content (AvgIpc) is 1.15. The average molecular weight is 1840 g/mol. The minimum Gasteiger partial charge on any atom is -0.487 e. The first-order valence-corrected chi connectivity index (χ1v) is 43.1. The highest BCUT2D eigenvalue weighted by molar-refractivity contribution is 7.25. The monoisotopic (exact) mass is 1840 g/mol. The molecule has 0 fully saturated rings. The smallest absolute Gasteiger partial charge is 0.201 e. The van der Waals surface area contributed by atoms with Crippen molar-refractivity contribution in [2.75, 3.05) is 0 Å². The van der Waals surface area contributed by atoms with E-state index in [1.807, 2.05) is 51.1 Å². The van der Waals surface area contributed by atoms with E-state index >= 15 is 0 Å². The fourth-order valence-corrected chi connectivity index (χ4v) is 17.5. The highest BCUT2D eigenvalue weighted by atomic mass is 32.1. The van der Waals surface area contributed by atoms with E-state index in [0.717, 1.165) is 64.3 Å². The maximum Gasteiger partial charge on any atom is 0.201 e. The maximum absolute atomic E-state index is 14.1. The Hall–Kier alpha value is -13.0. The minimum absolute atomic E-state index is 0.0286. The zero-order valence-electron chi connectivity index (χ0n) is 74.7. The van der Waals surface area contributed by atoms with E-state index in [4.69, 9.17) is 23.4 Å². The molecule has 0 N–H and O–H groups in total. The Morgan fingerprint density at radius 1 is 0.265 bits per heavy atom. The topological polar surface area (TPSA) is 50.1 Å². The molecule has 0 aliphatic carbocycles. The van der Waals surface area contributed by atoms with Gasteiger partial charge in [0.25, 0.3) is 0 Å². The molecule has 4 aliphatic heterocycles. The normalized spacial score (nSPS) is 13.6. The van der Waals surface area contributed by atoms with Crippen LogP contribution in [0.4, 0.5) is 79.0 Å². The summed E-state index contributed by atoms with van der Waals surface area (Å²) in [5, 5.41) is 4.17. The predicted octanol–water partition coefficient (Wildman–Crippen LogP) is 32.6. The van der Waals surface area contributed by atoms with Crippen LogP contribution in [0.1, 0.15) is 127 Å². The zero-order valence-corrected chi connectivity index (χ0v) is 75.5. The number of aryl methyl sites for hydroxylation is 15. The quantitative estimate of drug-likeness (QED) is 0.112. The first-order chi connectivity index (χ1) is 62.6. The number of halogens is 18. The molecule has 17 aromatic rings. The van der Waals surface area contributed by atoms with Crippen molar-refractivity contribution >= 4 is 85.8 Å². The van der Waals surface area contributed by atoms with Gasteiger partial charge in [-0.2, -0.15) is 8.78 Å². The lowest BCUT2D eigenvalue weighted by Crippen LogP contribution is -2.20. The molecule has 0 spiro atoms. The number of ether oxygens (including phenoxy) is 4. The summed E-state index contributed by atoms with van der Waals surface area (Å²) in [7, 11) is 0. The molecule has 0 radical (unpaired) electrons. The summed E-state index contributed by atoms with van der Waals surface area (Å²) in [5.74, 6) is -10.5. The van der Waals surface area contributed by atoms with Gasteiger partial charge in [0.2, 0.25) is 11.6 Å². The predicted molar refractivity (Wildman–Crippen MR) is 486 cm³/mol. The van der Waals surface area contributed by atoms with Gasteiger partial charge in [-0.25, -0.2) is 70.2 Å². The summed E-state index contributed by atoms with van der Waals surface area (Å²) >= 11 is 1.19. The van der Waals surface area contributed by atoms with Crippen molar-refractivity contribution in [3.8, 4) is 45.3 Å². The number of furan rings is 1. The van der Waals surface area contributed by atoms with Crippen LogP contribution in [0.5, 0.6) is 23.0 Å². The van der Waals surface area contributed by atoms with Crippen LogP contribution in [0.3, 0.4) is 0 Å². The van der Waals surface area contributed by atoms with Gasteiger partial charge in [-0.15, -0.1) is 11.3 Å². The first kappa shape index (κ1) is 95.1. The van der Waals surface area contributed by atoms with Crippen molar-refractivity contribution in [3.63, 3.8) is 0 Å². The summed E-state index contributed by atoms with van der Waals surface area (Å²) in [5.41, 5.74) is 11.9. The van der Waals surface area contributed by atoms with Crippen molar-refractivity contribution < 1.29 is 102 Å². The van der Waals surface area contributed by atoms with Gasteiger partial charge >= 0.3 is 0 Å². The third-order valence-electron chi connectivity index (χ3n) is 24.0. The number of rotatable bonds is 0. The van der Waals surface area contributed by atoms with E-state index < -0.39 is 69.8 Å². The highest BCUT2D eigenvalue weighted by Gasteiger charge is 2.31. The van der Waals surface area contributed by atoms with Crippen molar-refractivity contribution in [2.45, 2.75) is 162 Å². The molecule has 0 saturated carbocycles. The third kappa shape index (κ3) is 18.4. The Bertz CT molecular complexity index is 6870. The fraction of sp³-hybridized carbons (Fsp3) is 0.222. The van der Waals surface area contributed by atoms with Crippen LogP contribution >= 0.6 is 11.3 Å². The van der Waals surface area contributed by atoms with E-state index in [0.29, 0.717) is 120 Å². The second kappa shape index (κ2) is 38.5. The van der Waals surface area contributed by atoms with Gasteiger partial charge in [-0.1, -0.05) is 133 Å². The zero-order chi connectivity index (χ0) is 95.5. The van der Waals surface area contributed by atoms with Gasteiger partial charge in [0.1, 0.15) is 48.1 Å². The second-order valence-electron chi connectivity index (χ2n) is 33.6. The molecular weight excluding hydrogens is 1750 g/mol. The van der Waals surface area contributed by atoms with E-state index in [9.17, 15) is 79.0 Å². The Balaban J connectivity index is 0.000000122. The lowest BCUT2D eigenvalue weighted by Gasteiger charge is -2.24. The summed E-state index contributed by atoms with van der Waals surface area (Å²) in [6.07, 6.45) is 3.18. The van der Waals surface area contributed by atoms with Crippen LogP contribution in [0.25, 0.3) is 96.7 Å².